The zero-order valence-electron chi connectivity index (χ0n) is 12.7. The van der Waals surface area contributed by atoms with E-state index in [1.54, 1.807) is 6.92 Å². The first-order chi connectivity index (χ1) is 9.72. The molecule has 0 spiro atoms. The SMILES string of the molecule is CC(NC(=O)CN(C)C(C)C)C(O)c1ccc(F)c(F)c1. The summed E-state index contributed by atoms with van der Waals surface area (Å²) in [6, 6.07) is 2.80. The molecule has 21 heavy (non-hydrogen) atoms. The highest BCUT2D eigenvalue weighted by atomic mass is 19.2. The van der Waals surface area contributed by atoms with Crippen LogP contribution in [0.2, 0.25) is 0 Å². The van der Waals surface area contributed by atoms with Crippen molar-refractivity contribution in [2.75, 3.05) is 13.6 Å². The fourth-order valence-corrected chi connectivity index (χ4v) is 1.77. The third-order valence-electron chi connectivity index (χ3n) is 3.42. The lowest BCUT2D eigenvalue weighted by Crippen LogP contribution is -2.43. The number of aliphatic hydroxyl groups is 1. The molecule has 0 heterocycles. The van der Waals surface area contributed by atoms with E-state index in [1.165, 1.54) is 6.07 Å². The summed E-state index contributed by atoms with van der Waals surface area (Å²) in [6.45, 7) is 5.74. The van der Waals surface area contributed by atoms with E-state index in [0.717, 1.165) is 12.1 Å². The van der Waals surface area contributed by atoms with Gasteiger partial charge in [-0.15, -0.1) is 0 Å². The number of benzene rings is 1. The molecule has 0 saturated carbocycles. The van der Waals surface area contributed by atoms with Crippen molar-refractivity contribution >= 4 is 5.91 Å². The summed E-state index contributed by atoms with van der Waals surface area (Å²) in [4.78, 5) is 13.7. The molecule has 2 atom stereocenters. The molecular weight excluding hydrogens is 278 g/mol. The highest BCUT2D eigenvalue weighted by molar-refractivity contribution is 5.78. The summed E-state index contributed by atoms with van der Waals surface area (Å²) >= 11 is 0. The standard InChI is InChI=1S/C15H22F2N2O2/c1-9(2)19(4)8-14(20)18-10(3)15(21)11-5-6-12(16)13(17)7-11/h5-7,9-10,15,21H,8H2,1-4H3,(H,18,20). The van der Waals surface area contributed by atoms with Crippen LogP contribution in [-0.4, -0.2) is 41.6 Å². The number of amides is 1. The smallest absolute Gasteiger partial charge is 0.234 e. The van der Waals surface area contributed by atoms with Crippen LogP contribution in [0.3, 0.4) is 0 Å². The lowest BCUT2D eigenvalue weighted by molar-refractivity contribution is -0.123. The molecule has 0 saturated heterocycles. The third-order valence-corrected chi connectivity index (χ3v) is 3.42. The molecule has 0 fully saturated rings. The first kappa shape index (κ1) is 17.5. The quantitative estimate of drug-likeness (QED) is 0.843. The van der Waals surface area contributed by atoms with Gasteiger partial charge in [0.1, 0.15) is 0 Å². The van der Waals surface area contributed by atoms with E-state index in [2.05, 4.69) is 5.32 Å². The monoisotopic (exact) mass is 300 g/mol. The van der Waals surface area contributed by atoms with Crippen LogP contribution in [0.1, 0.15) is 32.4 Å². The Morgan fingerprint density at radius 1 is 1.29 bits per heavy atom. The van der Waals surface area contributed by atoms with Crippen molar-refractivity contribution in [3.8, 4) is 0 Å². The highest BCUT2D eigenvalue weighted by Crippen LogP contribution is 2.19. The Morgan fingerprint density at radius 3 is 2.43 bits per heavy atom. The number of nitrogens with zero attached hydrogens (tertiary/aromatic N) is 1. The second kappa shape index (κ2) is 7.47. The van der Waals surface area contributed by atoms with E-state index in [1.807, 2.05) is 25.8 Å². The summed E-state index contributed by atoms with van der Waals surface area (Å²) in [5, 5.41) is 12.7. The number of aliphatic hydroxyl groups excluding tert-OH is 1. The maximum absolute atomic E-state index is 13.1. The maximum Gasteiger partial charge on any atom is 0.234 e. The van der Waals surface area contributed by atoms with Crippen LogP contribution in [0.4, 0.5) is 8.78 Å². The van der Waals surface area contributed by atoms with Gasteiger partial charge in [0.15, 0.2) is 11.6 Å². The Balaban J connectivity index is 2.63. The van der Waals surface area contributed by atoms with Gasteiger partial charge in [0.05, 0.1) is 18.7 Å². The molecule has 1 aromatic carbocycles. The number of nitrogens with one attached hydrogen (secondary N) is 1. The first-order valence-electron chi connectivity index (χ1n) is 6.85. The Hall–Kier alpha value is -1.53. The molecular formula is C15H22F2N2O2. The van der Waals surface area contributed by atoms with E-state index < -0.39 is 23.8 Å². The topological polar surface area (TPSA) is 52.6 Å². The van der Waals surface area contributed by atoms with E-state index in [0.29, 0.717) is 0 Å². The van der Waals surface area contributed by atoms with Gasteiger partial charge in [0, 0.05) is 6.04 Å². The number of hydrogen-bond donors (Lipinski definition) is 2. The van der Waals surface area contributed by atoms with Gasteiger partial charge in [-0.3, -0.25) is 9.69 Å². The van der Waals surface area contributed by atoms with E-state index in [9.17, 15) is 18.7 Å². The fourth-order valence-electron chi connectivity index (χ4n) is 1.77. The molecule has 118 valence electrons. The lowest BCUT2D eigenvalue weighted by atomic mass is 10.0. The van der Waals surface area contributed by atoms with E-state index in [-0.39, 0.29) is 24.1 Å². The van der Waals surface area contributed by atoms with Crippen molar-refractivity contribution in [3.63, 3.8) is 0 Å². The lowest BCUT2D eigenvalue weighted by Gasteiger charge is -2.24. The van der Waals surface area contributed by atoms with Crippen molar-refractivity contribution in [1.82, 2.24) is 10.2 Å². The molecule has 2 unspecified atom stereocenters. The van der Waals surface area contributed by atoms with Gasteiger partial charge in [0.25, 0.3) is 0 Å². The molecule has 6 heteroatoms. The van der Waals surface area contributed by atoms with Crippen LogP contribution in [0, 0.1) is 11.6 Å². The Morgan fingerprint density at radius 2 is 1.90 bits per heavy atom. The summed E-state index contributed by atoms with van der Waals surface area (Å²) < 4.78 is 26.0. The molecule has 0 radical (unpaired) electrons. The molecule has 0 aliphatic rings. The molecule has 4 nitrogen and oxygen atoms in total. The van der Waals surface area contributed by atoms with Gasteiger partial charge in [-0.25, -0.2) is 8.78 Å². The van der Waals surface area contributed by atoms with Gasteiger partial charge in [-0.05, 0) is 45.5 Å². The predicted octanol–water partition coefficient (Wildman–Crippen LogP) is 1.84. The summed E-state index contributed by atoms with van der Waals surface area (Å²) in [7, 11) is 1.82. The first-order valence-corrected chi connectivity index (χ1v) is 6.85. The molecule has 2 N–H and O–H groups in total. The van der Waals surface area contributed by atoms with Crippen molar-refractivity contribution in [2.45, 2.75) is 39.0 Å². The molecule has 0 aliphatic heterocycles. The van der Waals surface area contributed by atoms with Gasteiger partial charge >= 0.3 is 0 Å². The van der Waals surface area contributed by atoms with Gasteiger partial charge in [-0.1, -0.05) is 6.07 Å². The van der Waals surface area contributed by atoms with Crippen LogP contribution < -0.4 is 5.32 Å². The molecule has 1 aromatic rings. The molecule has 1 amide bonds. The van der Waals surface area contributed by atoms with Crippen LogP contribution in [0.15, 0.2) is 18.2 Å². The minimum absolute atomic E-state index is 0.201. The number of carbonyl (C=O) groups is 1. The summed E-state index contributed by atoms with van der Waals surface area (Å²) in [5.41, 5.74) is 0.221. The second-order valence-electron chi connectivity index (χ2n) is 5.48. The minimum Gasteiger partial charge on any atom is -0.386 e. The zero-order valence-corrected chi connectivity index (χ0v) is 12.7. The fraction of sp³-hybridized carbons (Fsp3) is 0.533. The van der Waals surface area contributed by atoms with Crippen LogP contribution in [0.5, 0.6) is 0 Å². The summed E-state index contributed by atoms with van der Waals surface area (Å²) in [5.74, 6) is -2.23. The Kier molecular flexibility index (Phi) is 6.23. The number of hydrogen-bond acceptors (Lipinski definition) is 3. The Bertz CT molecular complexity index is 495. The summed E-state index contributed by atoms with van der Waals surface area (Å²) in [6.07, 6.45) is -1.10. The zero-order chi connectivity index (χ0) is 16.2. The Labute approximate surface area is 123 Å². The van der Waals surface area contributed by atoms with E-state index >= 15 is 0 Å². The van der Waals surface area contributed by atoms with Gasteiger partial charge < -0.3 is 10.4 Å². The van der Waals surface area contributed by atoms with E-state index in [4.69, 9.17) is 0 Å². The molecule has 0 aromatic heterocycles. The van der Waals surface area contributed by atoms with Gasteiger partial charge in [-0.2, -0.15) is 0 Å². The minimum atomic E-state index is -1.10. The normalized spacial score (nSPS) is 14.3. The van der Waals surface area contributed by atoms with Crippen LogP contribution in [0.25, 0.3) is 0 Å². The average molecular weight is 300 g/mol. The number of rotatable bonds is 6. The maximum atomic E-state index is 13.1. The number of likely N-dealkylation sites (N-methyl/N-ethyl adjacent to an activating group) is 1. The van der Waals surface area contributed by atoms with Crippen molar-refractivity contribution in [1.29, 1.82) is 0 Å². The molecule has 1 rings (SSSR count). The predicted molar refractivity (Wildman–Crippen MR) is 76.7 cm³/mol. The number of halogens is 2. The third kappa shape index (κ3) is 5.06. The molecule has 0 bridgehead atoms. The van der Waals surface area contributed by atoms with Crippen LogP contribution >= 0.6 is 0 Å². The second-order valence-corrected chi connectivity index (χ2v) is 5.48. The highest BCUT2D eigenvalue weighted by Gasteiger charge is 2.20. The molecule has 0 aliphatic carbocycles. The average Bonchev–Trinajstić information content (AvgIpc) is 2.40. The number of carbonyl (C=O) groups excluding carboxylic acids is 1. The van der Waals surface area contributed by atoms with Crippen molar-refractivity contribution < 1.29 is 18.7 Å². The largest absolute Gasteiger partial charge is 0.386 e. The van der Waals surface area contributed by atoms with Crippen LogP contribution in [-0.2, 0) is 4.79 Å². The van der Waals surface area contributed by atoms with Crippen molar-refractivity contribution in [2.24, 2.45) is 0 Å². The van der Waals surface area contributed by atoms with Crippen molar-refractivity contribution in [3.05, 3.63) is 35.4 Å². The van der Waals surface area contributed by atoms with Gasteiger partial charge in [0.2, 0.25) is 5.91 Å².